The van der Waals surface area contributed by atoms with Crippen molar-refractivity contribution in [3.63, 3.8) is 0 Å². The SMILES string of the molecule is CCCCCc1ccc2nc(N(C)CC(=O)O)cc(-c3ccc(F)cc3)c2c1. The Morgan fingerprint density at radius 3 is 2.54 bits per heavy atom. The van der Waals surface area contributed by atoms with Gasteiger partial charge in [0, 0.05) is 12.4 Å². The van der Waals surface area contributed by atoms with Gasteiger partial charge < -0.3 is 10.0 Å². The van der Waals surface area contributed by atoms with Gasteiger partial charge in [-0.15, -0.1) is 0 Å². The fourth-order valence-electron chi connectivity index (χ4n) is 3.34. The molecule has 0 radical (unpaired) electrons. The number of pyridine rings is 1. The molecule has 0 atom stereocenters. The number of nitrogens with zero attached hydrogens (tertiary/aromatic N) is 2. The Morgan fingerprint density at radius 1 is 1.11 bits per heavy atom. The number of rotatable bonds is 8. The van der Waals surface area contributed by atoms with Crippen molar-refractivity contribution in [3.05, 3.63) is 59.9 Å². The van der Waals surface area contributed by atoms with E-state index in [0.29, 0.717) is 5.82 Å². The summed E-state index contributed by atoms with van der Waals surface area (Å²) in [6.45, 7) is 2.04. The first-order chi connectivity index (χ1) is 13.5. The van der Waals surface area contributed by atoms with Gasteiger partial charge in [0.2, 0.25) is 0 Å². The van der Waals surface area contributed by atoms with Crippen LogP contribution in [0.2, 0.25) is 0 Å². The van der Waals surface area contributed by atoms with Crippen LogP contribution < -0.4 is 4.90 Å². The predicted molar refractivity (Wildman–Crippen MR) is 111 cm³/mol. The first-order valence-corrected chi connectivity index (χ1v) is 9.60. The van der Waals surface area contributed by atoms with Crippen LogP contribution in [0.4, 0.5) is 10.2 Å². The van der Waals surface area contributed by atoms with E-state index in [1.807, 2.05) is 12.1 Å². The zero-order valence-electron chi connectivity index (χ0n) is 16.3. The Hall–Kier alpha value is -2.95. The maximum atomic E-state index is 13.4. The molecule has 3 rings (SSSR count). The van der Waals surface area contributed by atoms with E-state index in [9.17, 15) is 9.18 Å². The Morgan fingerprint density at radius 2 is 1.86 bits per heavy atom. The second kappa shape index (κ2) is 8.83. The summed E-state index contributed by atoms with van der Waals surface area (Å²) in [4.78, 5) is 17.4. The maximum Gasteiger partial charge on any atom is 0.323 e. The lowest BCUT2D eigenvalue weighted by Crippen LogP contribution is -2.26. The van der Waals surface area contributed by atoms with Crippen molar-refractivity contribution in [1.29, 1.82) is 0 Å². The zero-order chi connectivity index (χ0) is 20.1. The molecule has 3 aromatic rings. The number of unbranched alkanes of at least 4 members (excludes halogenated alkanes) is 2. The summed E-state index contributed by atoms with van der Waals surface area (Å²) in [7, 11) is 1.70. The van der Waals surface area contributed by atoms with Crippen molar-refractivity contribution in [1.82, 2.24) is 4.98 Å². The smallest absolute Gasteiger partial charge is 0.323 e. The van der Waals surface area contributed by atoms with Crippen molar-refractivity contribution in [2.24, 2.45) is 0 Å². The van der Waals surface area contributed by atoms with Crippen LogP contribution in [0, 0.1) is 5.82 Å². The van der Waals surface area contributed by atoms with Gasteiger partial charge in [-0.2, -0.15) is 0 Å². The molecule has 0 bridgehead atoms. The third kappa shape index (κ3) is 4.66. The number of aromatic nitrogens is 1. The summed E-state index contributed by atoms with van der Waals surface area (Å²) in [5.74, 6) is -0.627. The molecule has 0 spiro atoms. The molecule has 4 nitrogen and oxygen atoms in total. The number of carbonyl (C=O) groups is 1. The largest absolute Gasteiger partial charge is 0.480 e. The summed E-state index contributed by atoms with van der Waals surface area (Å²) < 4.78 is 13.4. The molecule has 0 saturated heterocycles. The van der Waals surface area contributed by atoms with E-state index < -0.39 is 5.97 Å². The van der Waals surface area contributed by atoms with Crippen molar-refractivity contribution in [3.8, 4) is 11.1 Å². The molecule has 1 aromatic heterocycles. The minimum atomic E-state index is -0.918. The number of aryl methyl sites for hydroxylation is 1. The third-order valence-electron chi connectivity index (χ3n) is 4.85. The van der Waals surface area contributed by atoms with Gasteiger partial charge in [-0.05, 0) is 59.9 Å². The molecule has 1 N–H and O–H groups in total. The molecular weight excluding hydrogens is 355 g/mol. The number of hydrogen-bond donors (Lipinski definition) is 1. The normalized spacial score (nSPS) is 11.0. The number of hydrogen-bond acceptors (Lipinski definition) is 3. The molecule has 1 heterocycles. The highest BCUT2D eigenvalue weighted by atomic mass is 19.1. The molecule has 146 valence electrons. The van der Waals surface area contributed by atoms with E-state index in [2.05, 4.69) is 24.0 Å². The maximum absolute atomic E-state index is 13.4. The van der Waals surface area contributed by atoms with Gasteiger partial charge in [-0.1, -0.05) is 38.0 Å². The fourth-order valence-corrected chi connectivity index (χ4v) is 3.34. The number of benzene rings is 2. The number of carboxylic acid groups (broad SMARTS) is 1. The summed E-state index contributed by atoms with van der Waals surface area (Å²) in [5.41, 5.74) is 3.85. The minimum absolute atomic E-state index is 0.142. The third-order valence-corrected chi connectivity index (χ3v) is 4.85. The van der Waals surface area contributed by atoms with E-state index in [1.54, 1.807) is 24.1 Å². The van der Waals surface area contributed by atoms with E-state index in [0.717, 1.165) is 34.9 Å². The minimum Gasteiger partial charge on any atom is -0.480 e. The Balaban J connectivity index is 2.10. The van der Waals surface area contributed by atoms with Crippen molar-refractivity contribution < 1.29 is 14.3 Å². The van der Waals surface area contributed by atoms with Gasteiger partial charge in [0.15, 0.2) is 0 Å². The second-order valence-corrected chi connectivity index (χ2v) is 7.09. The van der Waals surface area contributed by atoms with Crippen molar-refractivity contribution in [2.75, 3.05) is 18.5 Å². The van der Waals surface area contributed by atoms with E-state index in [1.165, 1.54) is 30.5 Å². The zero-order valence-corrected chi connectivity index (χ0v) is 16.3. The molecule has 0 amide bonds. The van der Waals surface area contributed by atoms with E-state index in [4.69, 9.17) is 5.11 Å². The van der Waals surface area contributed by atoms with Gasteiger partial charge >= 0.3 is 5.97 Å². The molecule has 0 aliphatic carbocycles. The molecule has 28 heavy (non-hydrogen) atoms. The average Bonchev–Trinajstić information content (AvgIpc) is 2.67. The Labute approximate surface area is 164 Å². The Kier molecular flexibility index (Phi) is 6.24. The van der Waals surface area contributed by atoms with Crippen LogP contribution in [0.1, 0.15) is 31.7 Å². The predicted octanol–water partition coefficient (Wildman–Crippen LogP) is 5.29. The number of fused-ring (bicyclic) bond motifs is 1. The van der Waals surface area contributed by atoms with Crippen LogP contribution in [-0.2, 0) is 11.2 Å². The van der Waals surface area contributed by atoms with Gasteiger partial charge in [0.05, 0.1) is 5.52 Å². The van der Waals surface area contributed by atoms with Gasteiger partial charge in [-0.3, -0.25) is 4.79 Å². The van der Waals surface area contributed by atoms with Gasteiger partial charge in [-0.25, -0.2) is 9.37 Å². The van der Waals surface area contributed by atoms with Gasteiger partial charge in [0.25, 0.3) is 0 Å². The fraction of sp³-hybridized carbons (Fsp3) is 0.304. The Bertz CT molecular complexity index is 970. The number of likely N-dealkylation sites (N-methyl/N-ethyl adjacent to an activating group) is 1. The summed E-state index contributed by atoms with van der Waals surface area (Å²) >= 11 is 0. The highest BCUT2D eigenvalue weighted by Gasteiger charge is 2.13. The number of halogens is 1. The lowest BCUT2D eigenvalue weighted by molar-refractivity contribution is -0.135. The number of anilines is 1. The quantitative estimate of drug-likeness (QED) is 0.539. The van der Waals surface area contributed by atoms with Crippen LogP contribution >= 0.6 is 0 Å². The van der Waals surface area contributed by atoms with E-state index >= 15 is 0 Å². The van der Waals surface area contributed by atoms with E-state index in [-0.39, 0.29) is 12.4 Å². The molecule has 5 heteroatoms. The molecule has 0 aliphatic heterocycles. The van der Waals surface area contributed by atoms with Crippen molar-refractivity contribution in [2.45, 2.75) is 32.6 Å². The average molecular weight is 380 g/mol. The first-order valence-electron chi connectivity index (χ1n) is 9.60. The topological polar surface area (TPSA) is 53.4 Å². The highest BCUT2D eigenvalue weighted by Crippen LogP contribution is 2.32. The molecule has 0 unspecified atom stereocenters. The first kappa shape index (κ1) is 19.8. The lowest BCUT2D eigenvalue weighted by Gasteiger charge is -2.18. The molecule has 2 aromatic carbocycles. The monoisotopic (exact) mass is 380 g/mol. The molecule has 0 aliphatic rings. The van der Waals surface area contributed by atoms with Crippen LogP contribution in [-0.4, -0.2) is 29.7 Å². The van der Waals surface area contributed by atoms with Crippen LogP contribution in [0.5, 0.6) is 0 Å². The highest BCUT2D eigenvalue weighted by molar-refractivity contribution is 5.96. The number of aliphatic carboxylic acids is 1. The van der Waals surface area contributed by atoms with Crippen molar-refractivity contribution >= 4 is 22.7 Å². The molecular formula is C23H25FN2O2. The number of carboxylic acids is 1. The standard InChI is InChI=1S/C23H25FN2O2/c1-3-4-5-6-16-7-12-21-20(13-16)19(17-8-10-18(24)11-9-17)14-22(25-21)26(2)15-23(27)28/h7-14H,3-6,15H2,1-2H3,(H,27,28). The van der Waals surface area contributed by atoms with Crippen LogP contribution in [0.25, 0.3) is 22.0 Å². The van der Waals surface area contributed by atoms with Crippen LogP contribution in [0.3, 0.4) is 0 Å². The lowest BCUT2D eigenvalue weighted by atomic mass is 9.97. The van der Waals surface area contributed by atoms with Crippen LogP contribution in [0.15, 0.2) is 48.5 Å². The summed E-state index contributed by atoms with van der Waals surface area (Å²) in [6.07, 6.45) is 4.52. The second-order valence-electron chi connectivity index (χ2n) is 7.09. The molecule has 0 saturated carbocycles. The van der Waals surface area contributed by atoms with Gasteiger partial charge in [0.1, 0.15) is 18.2 Å². The summed E-state index contributed by atoms with van der Waals surface area (Å²) in [5, 5.41) is 10.1. The summed E-state index contributed by atoms with van der Waals surface area (Å²) in [6, 6.07) is 14.5. The molecule has 0 fully saturated rings.